The zero-order chi connectivity index (χ0) is 15.6. The third-order valence-electron chi connectivity index (χ3n) is 2.48. The maximum Gasteiger partial charge on any atom is 0.274 e. The lowest BCUT2D eigenvalue weighted by atomic mass is 10.2. The topological polar surface area (TPSA) is 128 Å². The number of rotatable bonds is 5. The molecule has 0 saturated heterocycles. The first-order chi connectivity index (χ1) is 9.75. The van der Waals surface area contributed by atoms with Crippen LogP contribution in [0.3, 0.4) is 0 Å². The van der Waals surface area contributed by atoms with Gasteiger partial charge in [-0.3, -0.25) is 10.1 Å². The molecule has 0 saturated carbocycles. The highest BCUT2D eigenvalue weighted by molar-refractivity contribution is 7.89. The number of non-ortho nitro benzene ring substituents is 1. The summed E-state index contributed by atoms with van der Waals surface area (Å²) in [7, 11) is -3.93. The van der Waals surface area contributed by atoms with E-state index in [1.54, 1.807) is 0 Å². The van der Waals surface area contributed by atoms with Gasteiger partial charge in [-0.2, -0.15) is 0 Å². The zero-order valence-electron chi connectivity index (χ0n) is 10.4. The second-order valence-electron chi connectivity index (χ2n) is 4.07. The minimum atomic E-state index is -3.93. The van der Waals surface area contributed by atoms with Crippen LogP contribution >= 0.6 is 0 Å². The number of sulfonamides is 1. The standard InChI is InChI=1S/C11H10FN3O5S/c12-7-3-8(5-9(4-7)15(16)17)14-6-10-1-2-11(20-10)21(13,18)19/h1-5,14H,6H2,(H2,13,18,19). The number of primary sulfonamides is 1. The Morgan fingerprint density at radius 2 is 2.05 bits per heavy atom. The molecule has 3 N–H and O–H groups in total. The minimum absolute atomic E-state index is 0.0100. The fourth-order valence-electron chi connectivity index (χ4n) is 1.58. The van der Waals surface area contributed by atoms with Gasteiger partial charge in [0.2, 0.25) is 5.09 Å². The van der Waals surface area contributed by atoms with Crippen LogP contribution in [0.4, 0.5) is 15.8 Å². The summed E-state index contributed by atoms with van der Waals surface area (Å²) in [6, 6.07) is 5.56. The molecule has 0 aliphatic heterocycles. The quantitative estimate of drug-likeness (QED) is 0.636. The number of benzene rings is 1. The normalized spacial score (nSPS) is 11.3. The number of nitrogens with two attached hydrogens (primary N) is 1. The Bertz CT molecular complexity index is 787. The van der Waals surface area contributed by atoms with Crippen LogP contribution in [0, 0.1) is 15.9 Å². The average molecular weight is 315 g/mol. The largest absolute Gasteiger partial charge is 0.446 e. The molecule has 1 aromatic heterocycles. The SMILES string of the molecule is NS(=O)(=O)c1ccc(CNc2cc(F)cc([N+](=O)[O-])c2)o1. The van der Waals surface area contributed by atoms with Crippen molar-refractivity contribution >= 4 is 21.4 Å². The second kappa shape index (κ2) is 5.50. The predicted octanol–water partition coefficient (Wildman–Crippen LogP) is 1.59. The van der Waals surface area contributed by atoms with Crippen molar-refractivity contribution in [2.75, 3.05) is 5.32 Å². The minimum Gasteiger partial charge on any atom is -0.446 e. The molecule has 0 unspecified atom stereocenters. The summed E-state index contributed by atoms with van der Waals surface area (Å²) in [5, 5.41) is 17.8. The van der Waals surface area contributed by atoms with Crippen molar-refractivity contribution in [1.29, 1.82) is 0 Å². The highest BCUT2D eigenvalue weighted by Gasteiger charge is 2.14. The molecule has 10 heteroatoms. The molecule has 21 heavy (non-hydrogen) atoms. The molecule has 2 rings (SSSR count). The summed E-state index contributed by atoms with van der Waals surface area (Å²) in [6.07, 6.45) is 0. The van der Waals surface area contributed by atoms with Crippen molar-refractivity contribution in [3.05, 3.63) is 52.0 Å². The number of nitrogens with zero attached hydrogens (tertiary/aromatic N) is 1. The maximum absolute atomic E-state index is 13.2. The zero-order valence-corrected chi connectivity index (χ0v) is 11.3. The van der Waals surface area contributed by atoms with Crippen molar-refractivity contribution in [3.8, 4) is 0 Å². The first kappa shape index (κ1) is 14.9. The van der Waals surface area contributed by atoms with Crippen LogP contribution in [0.1, 0.15) is 5.76 Å². The fourth-order valence-corrected chi connectivity index (χ4v) is 2.06. The number of hydrogen-bond donors (Lipinski definition) is 2. The molecule has 0 bridgehead atoms. The molecule has 112 valence electrons. The van der Waals surface area contributed by atoms with E-state index in [2.05, 4.69) is 5.32 Å². The van der Waals surface area contributed by atoms with Crippen molar-refractivity contribution in [3.63, 3.8) is 0 Å². The van der Waals surface area contributed by atoms with E-state index in [4.69, 9.17) is 9.56 Å². The highest BCUT2D eigenvalue weighted by atomic mass is 32.2. The van der Waals surface area contributed by atoms with E-state index in [1.807, 2.05) is 0 Å². The van der Waals surface area contributed by atoms with Gasteiger partial charge in [-0.1, -0.05) is 0 Å². The molecule has 0 amide bonds. The molecule has 0 aliphatic carbocycles. The Morgan fingerprint density at radius 3 is 2.62 bits per heavy atom. The lowest BCUT2D eigenvalue weighted by Crippen LogP contribution is -2.10. The van der Waals surface area contributed by atoms with Crippen LogP contribution in [-0.2, 0) is 16.6 Å². The Hall–Kier alpha value is -2.46. The first-order valence-corrected chi connectivity index (χ1v) is 7.11. The Balaban J connectivity index is 2.13. The summed E-state index contributed by atoms with van der Waals surface area (Å²) < 4.78 is 40.2. The third-order valence-corrected chi connectivity index (χ3v) is 3.26. The number of hydrogen-bond acceptors (Lipinski definition) is 6. The molecule has 0 atom stereocenters. The summed E-state index contributed by atoms with van der Waals surface area (Å²) >= 11 is 0. The van der Waals surface area contributed by atoms with E-state index in [9.17, 15) is 22.9 Å². The molecule has 0 aliphatic rings. The van der Waals surface area contributed by atoms with Gasteiger partial charge in [0, 0.05) is 11.8 Å². The smallest absolute Gasteiger partial charge is 0.274 e. The number of nitrogens with one attached hydrogen (secondary N) is 1. The van der Waals surface area contributed by atoms with Crippen LogP contribution in [0.15, 0.2) is 39.8 Å². The van der Waals surface area contributed by atoms with Gasteiger partial charge in [-0.05, 0) is 18.2 Å². The molecular formula is C11H10FN3O5S. The van der Waals surface area contributed by atoms with Gasteiger partial charge in [0.1, 0.15) is 11.6 Å². The first-order valence-electron chi connectivity index (χ1n) is 5.56. The van der Waals surface area contributed by atoms with Crippen LogP contribution < -0.4 is 10.5 Å². The lowest BCUT2D eigenvalue weighted by molar-refractivity contribution is -0.385. The maximum atomic E-state index is 13.2. The molecule has 8 nitrogen and oxygen atoms in total. The average Bonchev–Trinajstić information content (AvgIpc) is 2.84. The van der Waals surface area contributed by atoms with Gasteiger partial charge in [-0.25, -0.2) is 17.9 Å². The molecule has 0 spiro atoms. The van der Waals surface area contributed by atoms with E-state index < -0.39 is 31.5 Å². The highest BCUT2D eigenvalue weighted by Crippen LogP contribution is 2.21. The predicted molar refractivity (Wildman–Crippen MR) is 70.5 cm³/mol. The number of halogens is 1. The monoisotopic (exact) mass is 315 g/mol. The van der Waals surface area contributed by atoms with Crippen LogP contribution in [-0.4, -0.2) is 13.3 Å². The molecule has 1 heterocycles. The fraction of sp³-hybridized carbons (Fsp3) is 0.0909. The Labute approximate surface area is 118 Å². The van der Waals surface area contributed by atoms with Gasteiger partial charge in [0.15, 0.2) is 0 Å². The van der Waals surface area contributed by atoms with Crippen LogP contribution in [0.2, 0.25) is 0 Å². The van der Waals surface area contributed by atoms with Crippen LogP contribution in [0.25, 0.3) is 0 Å². The van der Waals surface area contributed by atoms with E-state index >= 15 is 0 Å². The summed E-state index contributed by atoms with van der Waals surface area (Å²) in [5.41, 5.74) is -0.238. The summed E-state index contributed by atoms with van der Waals surface area (Å²) in [6.45, 7) is 0.0100. The number of nitro groups is 1. The number of furan rings is 1. The van der Waals surface area contributed by atoms with Crippen molar-refractivity contribution in [2.45, 2.75) is 11.6 Å². The van der Waals surface area contributed by atoms with E-state index in [-0.39, 0.29) is 18.0 Å². The molecular weight excluding hydrogens is 305 g/mol. The number of nitro benzene ring substituents is 1. The van der Waals surface area contributed by atoms with E-state index in [0.717, 1.165) is 18.2 Å². The lowest BCUT2D eigenvalue weighted by Gasteiger charge is -2.04. The van der Waals surface area contributed by atoms with E-state index in [0.29, 0.717) is 0 Å². The third kappa shape index (κ3) is 3.77. The van der Waals surface area contributed by atoms with Gasteiger partial charge in [-0.15, -0.1) is 0 Å². The second-order valence-corrected chi connectivity index (χ2v) is 5.57. The summed E-state index contributed by atoms with van der Waals surface area (Å²) in [4.78, 5) is 9.88. The van der Waals surface area contributed by atoms with Gasteiger partial charge in [0.05, 0.1) is 17.5 Å². The molecule has 1 aromatic carbocycles. The molecule has 0 radical (unpaired) electrons. The molecule has 0 fully saturated rings. The van der Waals surface area contributed by atoms with Gasteiger partial charge >= 0.3 is 0 Å². The number of anilines is 1. The Kier molecular flexibility index (Phi) is 3.91. The van der Waals surface area contributed by atoms with Crippen molar-refractivity contribution in [2.24, 2.45) is 5.14 Å². The molecule has 2 aromatic rings. The Morgan fingerprint density at radius 1 is 1.33 bits per heavy atom. The summed E-state index contributed by atoms with van der Waals surface area (Å²) in [5.74, 6) is -0.540. The van der Waals surface area contributed by atoms with Crippen LogP contribution in [0.5, 0.6) is 0 Å². The van der Waals surface area contributed by atoms with Crippen molar-refractivity contribution < 1.29 is 22.1 Å². The van der Waals surface area contributed by atoms with Gasteiger partial charge in [0.25, 0.3) is 15.7 Å². The van der Waals surface area contributed by atoms with Gasteiger partial charge < -0.3 is 9.73 Å². The van der Waals surface area contributed by atoms with Crippen molar-refractivity contribution in [1.82, 2.24) is 0 Å². The van der Waals surface area contributed by atoms with E-state index in [1.165, 1.54) is 12.1 Å².